The molecule has 13 nitrogen and oxygen atoms in total. The molecule has 0 unspecified atom stereocenters. The number of non-ortho nitro benzene ring substituents is 2. The SMILES string of the molecule is Cc1cc([N+](=O)[O-])cc(C)c1N(C)C(=N)N(C(=N)N(C)c1c(C)cc([N+](=O)[O-])cc1C)C(=O)NC(C)(C)C. The first kappa shape index (κ1) is 29.7. The Labute approximate surface area is 221 Å². The van der Waals surface area contributed by atoms with Crippen molar-refractivity contribution in [1.82, 2.24) is 10.2 Å². The molecule has 0 saturated carbocycles. The number of nitro benzene ring substituents is 2. The molecule has 0 aromatic heterocycles. The minimum absolute atomic E-state index is 0.0948. The zero-order valence-corrected chi connectivity index (χ0v) is 23.1. The van der Waals surface area contributed by atoms with E-state index in [0.29, 0.717) is 33.6 Å². The molecule has 2 aromatic rings. The zero-order valence-electron chi connectivity index (χ0n) is 23.1. The number of nitro groups is 2. The topological polar surface area (TPSA) is 173 Å². The Kier molecular flexibility index (Phi) is 8.46. The largest absolute Gasteiger partial charge is 0.333 e. The van der Waals surface area contributed by atoms with Gasteiger partial charge in [0.2, 0.25) is 11.9 Å². The third-order valence-electron chi connectivity index (χ3n) is 5.79. The van der Waals surface area contributed by atoms with E-state index >= 15 is 0 Å². The van der Waals surface area contributed by atoms with Crippen molar-refractivity contribution in [3.05, 3.63) is 66.7 Å². The van der Waals surface area contributed by atoms with Crippen LogP contribution in [0.2, 0.25) is 0 Å². The predicted octanol–water partition coefficient (Wildman–Crippen LogP) is 4.99. The Morgan fingerprint density at radius 2 is 1.05 bits per heavy atom. The van der Waals surface area contributed by atoms with E-state index in [1.165, 1.54) is 48.2 Å². The summed E-state index contributed by atoms with van der Waals surface area (Å²) in [5, 5.41) is 43.2. The molecule has 0 aliphatic rings. The number of nitrogens with one attached hydrogen (secondary N) is 3. The third kappa shape index (κ3) is 6.22. The second-order valence-corrected chi connectivity index (χ2v) is 10.2. The maximum absolute atomic E-state index is 13.4. The first-order chi connectivity index (χ1) is 17.4. The first-order valence-corrected chi connectivity index (χ1v) is 11.7. The average Bonchev–Trinajstić information content (AvgIpc) is 2.76. The van der Waals surface area contributed by atoms with Gasteiger partial charge in [0.15, 0.2) is 0 Å². The van der Waals surface area contributed by atoms with Gasteiger partial charge in [-0.1, -0.05) is 0 Å². The number of carbonyl (C=O) groups is 1. The van der Waals surface area contributed by atoms with Gasteiger partial charge in [-0.15, -0.1) is 0 Å². The Morgan fingerprint density at radius 1 is 0.763 bits per heavy atom. The average molecular weight is 527 g/mol. The van der Waals surface area contributed by atoms with Crippen molar-refractivity contribution in [2.45, 2.75) is 54.0 Å². The van der Waals surface area contributed by atoms with E-state index in [1.807, 2.05) is 0 Å². The molecule has 0 heterocycles. The van der Waals surface area contributed by atoms with Crippen LogP contribution in [0.1, 0.15) is 43.0 Å². The monoisotopic (exact) mass is 526 g/mol. The van der Waals surface area contributed by atoms with E-state index in [1.54, 1.807) is 48.5 Å². The third-order valence-corrected chi connectivity index (χ3v) is 5.79. The van der Waals surface area contributed by atoms with E-state index in [0.717, 1.165) is 4.90 Å². The summed E-state index contributed by atoms with van der Waals surface area (Å²) in [4.78, 5) is 38.6. The van der Waals surface area contributed by atoms with Crippen LogP contribution < -0.4 is 15.1 Å². The summed E-state index contributed by atoms with van der Waals surface area (Å²) < 4.78 is 0. The molecule has 0 bridgehead atoms. The molecule has 3 N–H and O–H groups in total. The molecule has 0 saturated heterocycles. The second-order valence-electron chi connectivity index (χ2n) is 10.2. The van der Waals surface area contributed by atoms with Gasteiger partial charge in [-0.05, 0) is 70.7 Å². The van der Waals surface area contributed by atoms with Crippen molar-refractivity contribution in [3.63, 3.8) is 0 Å². The molecule has 204 valence electrons. The van der Waals surface area contributed by atoms with Gasteiger partial charge >= 0.3 is 6.03 Å². The normalized spacial score (nSPS) is 11.0. The molecule has 0 aliphatic heterocycles. The van der Waals surface area contributed by atoms with Crippen molar-refractivity contribution < 1.29 is 14.6 Å². The van der Waals surface area contributed by atoms with Crippen molar-refractivity contribution in [2.24, 2.45) is 0 Å². The minimum Gasteiger partial charge on any atom is -0.333 e. The molecule has 0 spiro atoms. The van der Waals surface area contributed by atoms with Gasteiger partial charge in [0.05, 0.1) is 9.85 Å². The number of amides is 2. The molecule has 0 atom stereocenters. The lowest BCUT2D eigenvalue weighted by Gasteiger charge is -2.36. The van der Waals surface area contributed by atoms with Gasteiger partial charge < -0.3 is 15.1 Å². The quantitative estimate of drug-likeness (QED) is 0.218. The van der Waals surface area contributed by atoms with E-state index < -0.39 is 21.4 Å². The molecular formula is C25H34N8O5. The van der Waals surface area contributed by atoms with Crippen LogP contribution in [0, 0.1) is 58.7 Å². The number of nitrogens with zero attached hydrogens (tertiary/aromatic N) is 5. The number of hydrogen-bond acceptors (Lipinski definition) is 7. The Bertz CT molecular complexity index is 1200. The van der Waals surface area contributed by atoms with Crippen molar-refractivity contribution >= 4 is 40.7 Å². The lowest BCUT2D eigenvalue weighted by molar-refractivity contribution is -0.385. The summed E-state index contributed by atoms with van der Waals surface area (Å²) >= 11 is 0. The van der Waals surface area contributed by atoms with E-state index in [2.05, 4.69) is 5.32 Å². The van der Waals surface area contributed by atoms with Crippen LogP contribution >= 0.6 is 0 Å². The van der Waals surface area contributed by atoms with Crippen molar-refractivity contribution in [1.29, 1.82) is 10.8 Å². The fraction of sp³-hybridized carbons (Fsp3) is 0.400. The summed E-state index contributed by atoms with van der Waals surface area (Å²) in [7, 11) is 3.08. The highest BCUT2D eigenvalue weighted by molar-refractivity contribution is 6.19. The molecule has 2 aromatic carbocycles. The van der Waals surface area contributed by atoms with Crippen molar-refractivity contribution in [3.8, 4) is 0 Å². The van der Waals surface area contributed by atoms with Crippen LogP contribution in [-0.4, -0.2) is 52.3 Å². The van der Waals surface area contributed by atoms with Gasteiger partial charge in [-0.25, -0.2) is 9.69 Å². The van der Waals surface area contributed by atoms with Crippen LogP contribution in [0.3, 0.4) is 0 Å². The number of guanidine groups is 2. The number of benzene rings is 2. The number of aryl methyl sites for hydroxylation is 4. The summed E-state index contributed by atoms with van der Waals surface area (Å²) in [5.74, 6) is -0.748. The minimum atomic E-state index is -0.736. The number of anilines is 2. The molecule has 2 rings (SSSR count). The maximum Gasteiger partial charge on any atom is 0.331 e. The number of rotatable bonds is 4. The lowest BCUT2D eigenvalue weighted by atomic mass is 10.1. The Balaban J connectivity index is 2.61. The second kappa shape index (κ2) is 10.8. The van der Waals surface area contributed by atoms with Gasteiger partial charge in [0, 0.05) is 55.3 Å². The summed E-state index contributed by atoms with van der Waals surface area (Å²) in [5.41, 5.74) is 2.14. The predicted molar refractivity (Wildman–Crippen MR) is 148 cm³/mol. The molecule has 0 fully saturated rings. The molecule has 38 heavy (non-hydrogen) atoms. The van der Waals surface area contributed by atoms with Crippen LogP contribution in [0.4, 0.5) is 27.5 Å². The number of carbonyl (C=O) groups excluding carboxylic acids is 1. The molecular weight excluding hydrogens is 492 g/mol. The summed E-state index contributed by atoms with van der Waals surface area (Å²) in [6.45, 7) is 12.0. The van der Waals surface area contributed by atoms with Gasteiger partial charge in [0.25, 0.3) is 11.4 Å². The smallest absolute Gasteiger partial charge is 0.331 e. The van der Waals surface area contributed by atoms with E-state index in [9.17, 15) is 25.0 Å². The first-order valence-electron chi connectivity index (χ1n) is 11.7. The van der Waals surface area contributed by atoms with Gasteiger partial charge in [-0.2, -0.15) is 0 Å². The van der Waals surface area contributed by atoms with Crippen LogP contribution in [-0.2, 0) is 0 Å². The van der Waals surface area contributed by atoms with Crippen LogP contribution in [0.25, 0.3) is 0 Å². The van der Waals surface area contributed by atoms with E-state index in [4.69, 9.17) is 10.8 Å². The Morgan fingerprint density at radius 3 is 1.29 bits per heavy atom. The van der Waals surface area contributed by atoms with Crippen LogP contribution in [0.5, 0.6) is 0 Å². The highest BCUT2D eigenvalue weighted by Crippen LogP contribution is 2.31. The van der Waals surface area contributed by atoms with Gasteiger partial charge in [-0.3, -0.25) is 31.0 Å². The highest BCUT2D eigenvalue weighted by atomic mass is 16.6. The Hall–Kier alpha value is -4.55. The zero-order chi connectivity index (χ0) is 29.3. The van der Waals surface area contributed by atoms with Crippen molar-refractivity contribution in [2.75, 3.05) is 23.9 Å². The summed E-state index contributed by atoms with van der Waals surface area (Å²) in [6, 6.07) is 4.79. The molecule has 0 aliphatic carbocycles. The highest BCUT2D eigenvalue weighted by Gasteiger charge is 2.33. The summed E-state index contributed by atoms with van der Waals surface area (Å²) in [6.07, 6.45) is 0. The fourth-order valence-corrected chi connectivity index (χ4v) is 4.32. The standard InChI is InChI=1S/C25H34N8O5/c1-14-10-18(32(35)36)11-15(2)20(14)29(8)22(26)31(24(34)28-25(5,6)7)23(27)30(9)21-16(3)12-19(33(37)38)13-17(21)4/h10-13,26-27H,1-9H3,(H,28,34). The molecule has 2 amide bonds. The van der Waals surface area contributed by atoms with Gasteiger partial charge in [0.1, 0.15) is 0 Å². The molecule has 0 radical (unpaired) electrons. The maximum atomic E-state index is 13.4. The lowest BCUT2D eigenvalue weighted by Crippen LogP contribution is -2.59. The van der Waals surface area contributed by atoms with E-state index in [-0.39, 0.29) is 23.3 Å². The fourth-order valence-electron chi connectivity index (χ4n) is 4.32. The number of hydrogen-bond donors (Lipinski definition) is 3. The van der Waals surface area contributed by atoms with Crippen LogP contribution in [0.15, 0.2) is 24.3 Å². The number of urea groups is 1. The molecule has 13 heteroatoms.